The molecule has 0 heterocycles. The van der Waals surface area contributed by atoms with Gasteiger partial charge in [-0.1, -0.05) is 58.3 Å². The highest BCUT2D eigenvalue weighted by atomic mass is 28.4. The molecule has 0 bridgehead atoms. The van der Waals surface area contributed by atoms with Gasteiger partial charge in [-0.05, 0) is 18.9 Å². The van der Waals surface area contributed by atoms with Gasteiger partial charge in [0, 0.05) is 19.8 Å². The Labute approximate surface area is 115 Å². The smallest absolute Gasteiger partial charge is 0.340 e. The topological polar surface area (TPSA) is 18.5 Å². The first-order valence-corrected chi connectivity index (χ1v) is 9.99. The van der Waals surface area contributed by atoms with Crippen molar-refractivity contribution in [2.45, 2.75) is 82.7 Å². The van der Waals surface area contributed by atoms with Crippen LogP contribution in [0.1, 0.15) is 71.1 Å². The molecule has 1 aliphatic rings. The third kappa shape index (κ3) is 4.67. The van der Waals surface area contributed by atoms with Crippen LogP contribution in [0.3, 0.4) is 0 Å². The van der Waals surface area contributed by atoms with Gasteiger partial charge in [-0.15, -0.1) is 0 Å². The summed E-state index contributed by atoms with van der Waals surface area (Å²) in [6.07, 6.45) is 13.6. The van der Waals surface area contributed by atoms with Gasteiger partial charge in [0.05, 0.1) is 0 Å². The molecular formula is C15H32O2Si. The number of hydrogen-bond acceptors (Lipinski definition) is 2. The van der Waals surface area contributed by atoms with Crippen molar-refractivity contribution in [1.82, 2.24) is 0 Å². The molecule has 1 saturated carbocycles. The van der Waals surface area contributed by atoms with Gasteiger partial charge in [-0.25, -0.2) is 0 Å². The van der Waals surface area contributed by atoms with Gasteiger partial charge in [-0.3, -0.25) is 0 Å². The second kappa shape index (κ2) is 9.11. The summed E-state index contributed by atoms with van der Waals surface area (Å²) in [5, 5.41) is 0. The van der Waals surface area contributed by atoms with Gasteiger partial charge in [0.2, 0.25) is 0 Å². The Balaban J connectivity index is 2.28. The lowest BCUT2D eigenvalue weighted by Crippen LogP contribution is -2.44. The van der Waals surface area contributed by atoms with Gasteiger partial charge < -0.3 is 8.85 Å². The summed E-state index contributed by atoms with van der Waals surface area (Å²) in [5.74, 6) is 0. The molecule has 18 heavy (non-hydrogen) atoms. The van der Waals surface area contributed by atoms with E-state index in [4.69, 9.17) is 8.85 Å². The highest BCUT2D eigenvalue weighted by molar-refractivity contribution is 6.69. The first kappa shape index (κ1) is 16.2. The molecule has 3 heteroatoms. The van der Waals surface area contributed by atoms with Crippen LogP contribution >= 0.6 is 0 Å². The van der Waals surface area contributed by atoms with Crippen molar-refractivity contribution in [1.29, 1.82) is 0 Å². The summed E-state index contributed by atoms with van der Waals surface area (Å²) in [7, 11) is 1.88. The fourth-order valence-electron chi connectivity index (χ4n) is 3.34. The first-order chi connectivity index (χ1) is 8.79. The summed E-state index contributed by atoms with van der Waals surface area (Å²) in [6, 6.07) is 1.21. The normalized spacial score (nSPS) is 17.5. The molecule has 2 nitrogen and oxygen atoms in total. The summed E-state index contributed by atoms with van der Waals surface area (Å²) in [6.45, 7) is 2.27. The van der Waals surface area contributed by atoms with Crippen molar-refractivity contribution in [2.24, 2.45) is 0 Å². The monoisotopic (exact) mass is 272 g/mol. The van der Waals surface area contributed by atoms with Gasteiger partial charge in [-0.2, -0.15) is 0 Å². The Morgan fingerprint density at radius 3 is 2.00 bits per heavy atom. The Morgan fingerprint density at radius 1 is 0.889 bits per heavy atom. The summed E-state index contributed by atoms with van der Waals surface area (Å²) < 4.78 is 11.8. The van der Waals surface area contributed by atoms with Crippen LogP contribution in [0.15, 0.2) is 0 Å². The zero-order valence-corrected chi connectivity index (χ0v) is 13.7. The van der Waals surface area contributed by atoms with E-state index in [0.29, 0.717) is 0 Å². The molecule has 0 saturated heterocycles. The fraction of sp³-hybridized carbons (Fsp3) is 1.00. The van der Waals surface area contributed by atoms with Crippen molar-refractivity contribution in [3.8, 4) is 0 Å². The second-order valence-electron chi connectivity index (χ2n) is 5.72. The van der Waals surface area contributed by atoms with Crippen LogP contribution in [0.25, 0.3) is 0 Å². The lowest BCUT2D eigenvalue weighted by molar-refractivity contribution is 0.226. The maximum atomic E-state index is 5.92. The van der Waals surface area contributed by atoms with Crippen LogP contribution in [0.4, 0.5) is 0 Å². The molecule has 0 aliphatic heterocycles. The predicted molar refractivity (Wildman–Crippen MR) is 80.2 cm³/mol. The first-order valence-electron chi connectivity index (χ1n) is 7.89. The standard InChI is InChI=1S/C15H32O2Si/c1-4-5-6-7-8-11-14-18(16-2,17-3)15-12-9-10-13-15/h15H,4-14H2,1-3H3. The molecule has 108 valence electrons. The SMILES string of the molecule is CCCCCCCC[Si](OC)(OC)C1CCCC1. The van der Waals surface area contributed by atoms with E-state index in [2.05, 4.69) is 6.92 Å². The minimum absolute atomic E-state index is 0.753. The van der Waals surface area contributed by atoms with Crippen LogP contribution < -0.4 is 0 Å². The van der Waals surface area contributed by atoms with E-state index < -0.39 is 8.56 Å². The Bertz CT molecular complexity index is 199. The van der Waals surface area contributed by atoms with E-state index in [1.807, 2.05) is 14.2 Å². The van der Waals surface area contributed by atoms with Crippen molar-refractivity contribution < 1.29 is 8.85 Å². The molecule has 0 unspecified atom stereocenters. The quantitative estimate of drug-likeness (QED) is 0.410. The molecule has 0 aromatic rings. The van der Waals surface area contributed by atoms with E-state index in [9.17, 15) is 0 Å². The lowest BCUT2D eigenvalue weighted by Gasteiger charge is -2.33. The zero-order chi connectivity index (χ0) is 13.3. The van der Waals surface area contributed by atoms with Gasteiger partial charge >= 0.3 is 8.56 Å². The summed E-state index contributed by atoms with van der Waals surface area (Å²) in [4.78, 5) is 0. The number of unbranched alkanes of at least 4 members (excludes halogenated alkanes) is 5. The third-order valence-electron chi connectivity index (χ3n) is 4.55. The fourth-order valence-corrected chi connectivity index (χ4v) is 7.02. The zero-order valence-electron chi connectivity index (χ0n) is 12.7. The molecule has 0 aromatic carbocycles. The predicted octanol–water partition coefficient (Wildman–Crippen LogP) is 5.03. The molecule has 1 aliphatic carbocycles. The molecule has 1 rings (SSSR count). The van der Waals surface area contributed by atoms with Crippen LogP contribution in [0, 0.1) is 0 Å². The highest BCUT2D eigenvalue weighted by Crippen LogP contribution is 2.41. The maximum Gasteiger partial charge on any atom is 0.340 e. The van der Waals surface area contributed by atoms with E-state index in [1.165, 1.54) is 70.3 Å². The van der Waals surface area contributed by atoms with Crippen LogP contribution in [-0.2, 0) is 8.85 Å². The van der Waals surface area contributed by atoms with E-state index in [1.54, 1.807) is 0 Å². The molecule has 1 fully saturated rings. The largest absolute Gasteiger partial charge is 0.397 e. The highest BCUT2D eigenvalue weighted by Gasteiger charge is 2.44. The minimum atomic E-state index is -1.88. The van der Waals surface area contributed by atoms with Crippen LogP contribution in [-0.4, -0.2) is 22.8 Å². The number of hydrogen-bond donors (Lipinski definition) is 0. The third-order valence-corrected chi connectivity index (χ3v) is 8.80. The van der Waals surface area contributed by atoms with Crippen molar-refractivity contribution >= 4 is 8.56 Å². The van der Waals surface area contributed by atoms with E-state index >= 15 is 0 Å². The van der Waals surface area contributed by atoms with Gasteiger partial charge in [0.25, 0.3) is 0 Å². The molecule has 0 atom stereocenters. The van der Waals surface area contributed by atoms with E-state index in [0.717, 1.165) is 5.54 Å². The van der Waals surface area contributed by atoms with Gasteiger partial charge in [0.15, 0.2) is 0 Å². The molecule has 0 radical (unpaired) electrons. The number of rotatable bonds is 10. The molecule has 0 N–H and O–H groups in total. The Kier molecular flexibility index (Phi) is 8.19. The molecule has 0 amide bonds. The van der Waals surface area contributed by atoms with E-state index in [-0.39, 0.29) is 0 Å². The summed E-state index contributed by atoms with van der Waals surface area (Å²) >= 11 is 0. The van der Waals surface area contributed by atoms with Gasteiger partial charge in [0.1, 0.15) is 0 Å². The minimum Gasteiger partial charge on any atom is -0.397 e. The van der Waals surface area contributed by atoms with Crippen molar-refractivity contribution in [2.75, 3.05) is 14.2 Å². The van der Waals surface area contributed by atoms with Crippen LogP contribution in [0.2, 0.25) is 11.6 Å². The molecule has 0 spiro atoms. The molecular weight excluding hydrogens is 240 g/mol. The Hall–Kier alpha value is 0.137. The van der Waals surface area contributed by atoms with Crippen molar-refractivity contribution in [3.05, 3.63) is 0 Å². The van der Waals surface area contributed by atoms with Crippen LogP contribution in [0.5, 0.6) is 0 Å². The second-order valence-corrected chi connectivity index (χ2v) is 9.48. The maximum absolute atomic E-state index is 5.92. The summed E-state index contributed by atoms with van der Waals surface area (Å²) in [5.41, 5.74) is 0.753. The lowest BCUT2D eigenvalue weighted by atomic mass is 10.1. The Morgan fingerprint density at radius 2 is 1.44 bits per heavy atom. The van der Waals surface area contributed by atoms with Crippen molar-refractivity contribution in [3.63, 3.8) is 0 Å². The molecule has 0 aromatic heterocycles. The average Bonchev–Trinajstić information content (AvgIpc) is 2.93. The average molecular weight is 273 g/mol.